The first-order chi connectivity index (χ1) is 7.87. The van der Waals surface area contributed by atoms with E-state index in [0.717, 1.165) is 13.1 Å². The van der Waals surface area contributed by atoms with Gasteiger partial charge in [-0.3, -0.25) is 9.69 Å². The summed E-state index contributed by atoms with van der Waals surface area (Å²) in [6, 6.07) is -0.134. The summed E-state index contributed by atoms with van der Waals surface area (Å²) < 4.78 is 0. The monoisotopic (exact) mass is 241 g/mol. The van der Waals surface area contributed by atoms with Crippen LogP contribution in [0.15, 0.2) is 12.7 Å². The maximum atomic E-state index is 11.8. The van der Waals surface area contributed by atoms with Crippen molar-refractivity contribution < 1.29 is 4.79 Å². The lowest BCUT2D eigenvalue weighted by molar-refractivity contribution is -0.126. The van der Waals surface area contributed by atoms with Crippen LogP contribution in [-0.4, -0.2) is 43.0 Å². The fourth-order valence-corrected chi connectivity index (χ4v) is 1.62. The molecule has 1 amide bonds. The van der Waals surface area contributed by atoms with E-state index in [0.29, 0.717) is 13.1 Å². The second-order valence-electron chi connectivity index (χ2n) is 5.14. The minimum Gasteiger partial charge on any atom is -0.351 e. The minimum absolute atomic E-state index is 0.0307. The molecule has 0 saturated heterocycles. The van der Waals surface area contributed by atoms with Crippen LogP contribution in [0.1, 0.15) is 27.7 Å². The number of likely N-dealkylation sites (N-methyl/N-ethyl adjacent to an activating group) is 1. The standard InChI is InChI=1S/C13H27N3O/c1-6-8-15-12(17)11(3)16(7-2)10-13(4,5)9-14/h6,11H,1,7-10,14H2,2-5H3,(H,15,17). The summed E-state index contributed by atoms with van der Waals surface area (Å²) in [5.74, 6) is 0.0413. The first-order valence-corrected chi connectivity index (χ1v) is 6.20. The van der Waals surface area contributed by atoms with Gasteiger partial charge in [-0.15, -0.1) is 6.58 Å². The van der Waals surface area contributed by atoms with Crippen LogP contribution in [0.25, 0.3) is 0 Å². The number of amides is 1. The van der Waals surface area contributed by atoms with E-state index in [4.69, 9.17) is 5.73 Å². The Labute approximate surface area is 105 Å². The van der Waals surface area contributed by atoms with Crippen LogP contribution in [0.3, 0.4) is 0 Å². The Morgan fingerprint density at radius 2 is 2.18 bits per heavy atom. The SMILES string of the molecule is C=CCNC(=O)C(C)N(CC)CC(C)(C)CN. The van der Waals surface area contributed by atoms with Crippen molar-refractivity contribution in [1.82, 2.24) is 10.2 Å². The van der Waals surface area contributed by atoms with Gasteiger partial charge in [0, 0.05) is 13.1 Å². The van der Waals surface area contributed by atoms with Crippen LogP contribution >= 0.6 is 0 Å². The number of hydrogen-bond acceptors (Lipinski definition) is 3. The second kappa shape index (κ2) is 7.45. The van der Waals surface area contributed by atoms with Gasteiger partial charge in [-0.25, -0.2) is 0 Å². The van der Waals surface area contributed by atoms with Crippen molar-refractivity contribution in [3.05, 3.63) is 12.7 Å². The van der Waals surface area contributed by atoms with E-state index < -0.39 is 0 Å². The summed E-state index contributed by atoms with van der Waals surface area (Å²) in [7, 11) is 0. The van der Waals surface area contributed by atoms with Gasteiger partial charge >= 0.3 is 0 Å². The van der Waals surface area contributed by atoms with Crippen molar-refractivity contribution >= 4 is 5.91 Å². The molecule has 17 heavy (non-hydrogen) atoms. The molecule has 0 bridgehead atoms. The molecule has 0 saturated carbocycles. The zero-order valence-electron chi connectivity index (χ0n) is 11.6. The number of carbonyl (C=O) groups excluding carboxylic acids is 1. The number of nitrogens with one attached hydrogen (secondary N) is 1. The number of rotatable bonds is 8. The van der Waals surface area contributed by atoms with Gasteiger partial charge in [0.05, 0.1) is 6.04 Å². The molecule has 1 unspecified atom stereocenters. The van der Waals surface area contributed by atoms with Gasteiger partial charge in [0.2, 0.25) is 5.91 Å². The van der Waals surface area contributed by atoms with Crippen LogP contribution < -0.4 is 11.1 Å². The molecule has 0 rings (SSSR count). The Morgan fingerprint density at radius 1 is 1.59 bits per heavy atom. The Bertz CT molecular complexity index is 251. The summed E-state index contributed by atoms with van der Waals surface area (Å²) in [6.45, 7) is 14.6. The first kappa shape index (κ1) is 16.1. The molecule has 0 heterocycles. The second-order valence-corrected chi connectivity index (χ2v) is 5.14. The van der Waals surface area contributed by atoms with Gasteiger partial charge in [0.25, 0.3) is 0 Å². The van der Waals surface area contributed by atoms with Crippen LogP contribution in [0.5, 0.6) is 0 Å². The smallest absolute Gasteiger partial charge is 0.237 e. The van der Waals surface area contributed by atoms with Crippen LogP contribution in [0.2, 0.25) is 0 Å². The molecular weight excluding hydrogens is 214 g/mol. The molecule has 0 aromatic carbocycles. The van der Waals surface area contributed by atoms with Crippen LogP contribution in [-0.2, 0) is 4.79 Å². The predicted molar refractivity (Wildman–Crippen MR) is 72.8 cm³/mol. The van der Waals surface area contributed by atoms with Crippen molar-refractivity contribution in [1.29, 1.82) is 0 Å². The van der Waals surface area contributed by atoms with E-state index in [1.54, 1.807) is 6.08 Å². The zero-order valence-corrected chi connectivity index (χ0v) is 11.6. The zero-order chi connectivity index (χ0) is 13.5. The minimum atomic E-state index is -0.134. The van der Waals surface area contributed by atoms with Crippen LogP contribution in [0.4, 0.5) is 0 Å². The van der Waals surface area contributed by atoms with Gasteiger partial charge in [-0.1, -0.05) is 26.8 Å². The number of carbonyl (C=O) groups is 1. The van der Waals surface area contributed by atoms with Gasteiger partial charge in [-0.05, 0) is 25.4 Å². The summed E-state index contributed by atoms with van der Waals surface area (Å²) in [6.07, 6.45) is 1.69. The highest BCUT2D eigenvalue weighted by molar-refractivity contribution is 5.81. The number of hydrogen-bond donors (Lipinski definition) is 2. The lowest BCUT2D eigenvalue weighted by Gasteiger charge is -2.34. The van der Waals surface area contributed by atoms with Crippen molar-refractivity contribution in [2.75, 3.05) is 26.2 Å². The summed E-state index contributed by atoms with van der Waals surface area (Å²) in [5, 5.41) is 2.82. The number of nitrogens with zero attached hydrogens (tertiary/aromatic N) is 1. The average molecular weight is 241 g/mol. The van der Waals surface area contributed by atoms with Gasteiger partial charge in [0.15, 0.2) is 0 Å². The molecule has 0 fully saturated rings. The molecule has 4 nitrogen and oxygen atoms in total. The molecule has 0 aliphatic heterocycles. The van der Waals surface area contributed by atoms with E-state index in [1.807, 2.05) is 6.92 Å². The molecule has 100 valence electrons. The van der Waals surface area contributed by atoms with E-state index in [2.05, 4.69) is 37.6 Å². The number of nitrogens with two attached hydrogens (primary N) is 1. The van der Waals surface area contributed by atoms with Gasteiger partial charge in [-0.2, -0.15) is 0 Å². The lowest BCUT2D eigenvalue weighted by atomic mass is 9.92. The molecule has 3 N–H and O–H groups in total. The highest BCUT2D eigenvalue weighted by Crippen LogP contribution is 2.16. The van der Waals surface area contributed by atoms with Gasteiger partial charge < -0.3 is 11.1 Å². The Hall–Kier alpha value is -0.870. The third kappa shape index (κ3) is 5.84. The van der Waals surface area contributed by atoms with E-state index in [9.17, 15) is 4.79 Å². The molecule has 0 aliphatic carbocycles. The third-order valence-electron chi connectivity index (χ3n) is 2.94. The fraction of sp³-hybridized carbons (Fsp3) is 0.769. The Kier molecular flexibility index (Phi) is 7.07. The normalized spacial score (nSPS) is 13.5. The molecule has 0 radical (unpaired) electrons. The van der Waals surface area contributed by atoms with Crippen molar-refractivity contribution in [2.45, 2.75) is 33.7 Å². The Morgan fingerprint density at radius 3 is 2.59 bits per heavy atom. The van der Waals surface area contributed by atoms with Crippen molar-refractivity contribution in [3.8, 4) is 0 Å². The average Bonchev–Trinajstić information content (AvgIpc) is 2.32. The molecule has 0 aromatic heterocycles. The van der Waals surface area contributed by atoms with Crippen LogP contribution in [0, 0.1) is 5.41 Å². The fourth-order valence-electron chi connectivity index (χ4n) is 1.62. The molecule has 0 aromatic rings. The lowest BCUT2D eigenvalue weighted by Crippen LogP contribution is -2.49. The molecule has 4 heteroatoms. The van der Waals surface area contributed by atoms with E-state index >= 15 is 0 Å². The summed E-state index contributed by atoms with van der Waals surface area (Å²) in [5.41, 5.74) is 5.76. The maximum absolute atomic E-state index is 11.8. The summed E-state index contributed by atoms with van der Waals surface area (Å²) >= 11 is 0. The van der Waals surface area contributed by atoms with Crippen molar-refractivity contribution in [2.24, 2.45) is 11.1 Å². The maximum Gasteiger partial charge on any atom is 0.237 e. The third-order valence-corrected chi connectivity index (χ3v) is 2.94. The molecular formula is C13H27N3O. The largest absolute Gasteiger partial charge is 0.351 e. The predicted octanol–water partition coefficient (Wildman–Crippen LogP) is 0.984. The topological polar surface area (TPSA) is 58.4 Å². The van der Waals surface area contributed by atoms with E-state index in [1.165, 1.54) is 0 Å². The first-order valence-electron chi connectivity index (χ1n) is 6.20. The summed E-state index contributed by atoms with van der Waals surface area (Å²) in [4.78, 5) is 14.0. The highest BCUT2D eigenvalue weighted by Gasteiger charge is 2.25. The van der Waals surface area contributed by atoms with E-state index in [-0.39, 0.29) is 17.4 Å². The van der Waals surface area contributed by atoms with Gasteiger partial charge in [0.1, 0.15) is 0 Å². The molecule has 0 aliphatic rings. The molecule has 0 spiro atoms. The quantitative estimate of drug-likeness (QED) is 0.623. The Balaban J connectivity index is 4.44. The van der Waals surface area contributed by atoms with Crippen molar-refractivity contribution in [3.63, 3.8) is 0 Å². The molecule has 1 atom stereocenters. The highest BCUT2D eigenvalue weighted by atomic mass is 16.2.